The van der Waals surface area contributed by atoms with Crippen LogP contribution in [0.3, 0.4) is 0 Å². The summed E-state index contributed by atoms with van der Waals surface area (Å²) in [7, 11) is -3.73. The van der Waals surface area contributed by atoms with Gasteiger partial charge in [-0.25, -0.2) is 13.1 Å². The maximum Gasteiger partial charge on any atom is 0.241 e. The van der Waals surface area contributed by atoms with Gasteiger partial charge in [0.25, 0.3) is 0 Å². The lowest BCUT2D eigenvalue weighted by Crippen LogP contribution is -2.42. The summed E-state index contributed by atoms with van der Waals surface area (Å²) in [5, 5.41) is 2.94. The summed E-state index contributed by atoms with van der Waals surface area (Å²) in [5.74, 6) is -0.258. The minimum Gasteiger partial charge on any atom is -0.352 e. The number of rotatable bonds is 5. The van der Waals surface area contributed by atoms with E-state index in [0.717, 1.165) is 53.5 Å². The predicted molar refractivity (Wildman–Crippen MR) is 100 cm³/mol. The summed E-state index contributed by atoms with van der Waals surface area (Å²) in [6.07, 6.45) is 5.41. The van der Waals surface area contributed by atoms with Crippen LogP contribution in [-0.4, -0.2) is 26.9 Å². The Hall–Kier alpha value is -1.40. The molecule has 25 heavy (non-hydrogen) atoms. The quantitative estimate of drug-likeness (QED) is 0.841. The number of sulfonamides is 1. The highest BCUT2D eigenvalue weighted by Gasteiger charge is 2.24. The van der Waals surface area contributed by atoms with E-state index in [0.29, 0.717) is 4.90 Å². The van der Waals surface area contributed by atoms with Crippen molar-refractivity contribution < 1.29 is 13.2 Å². The molecule has 0 heterocycles. The number of hydrogen-bond acceptors (Lipinski definition) is 3. The zero-order valence-electron chi connectivity index (χ0n) is 16.0. The van der Waals surface area contributed by atoms with E-state index in [2.05, 4.69) is 10.0 Å². The number of amides is 1. The van der Waals surface area contributed by atoms with Gasteiger partial charge in [-0.05, 0) is 75.3 Å². The lowest BCUT2D eigenvalue weighted by molar-refractivity contribution is -0.120. The molecule has 2 rings (SSSR count). The lowest BCUT2D eigenvalue weighted by atomic mass is 9.95. The first-order chi connectivity index (χ1) is 11.6. The Morgan fingerprint density at radius 1 is 0.880 bits per heavy atom. The molecule has 5 nitrogen and oxygen atoms in total. The van der Waals surface area contributed by atoms with Crippen molar-refractivity contribution in [2.45, 2.75) is 77.7 Å². The summed E-state index contributed by atoms with van der Waals surface area (Å²) in [5.41, 5.74) is 4.58. The van der Waals surface area contributed by atoms with Crippen LogP contribution >= 0.6 is 0 Å². The zero-order valence-corrected chi connectivity index (χ0v) is 16.8. The van der Waals surface area contributed by atoms with Gasteiger partial charge in [-0.3, -0.25) is 4.79 Å². The molecule has 1 saturated carbocycles. The molecule has 140 valence electrons. The topological polar surface area (TPSA) is 75.3 Å². The van der Waals surface area contributed by atoms with Gasteiger partial charge in [-0.2, -0.15) is 0 Å². The molecule has 0 saturated heterocycles. The van der Waals surface area contributed by atoms with E-state index in [1.165, 1.54) is 6.42 Å². The van der Waals surface area contributed by atoms with Crippen LogP contribution in [0.1, 0.15) is 59.9 Å². The van der Waals surface area contributed by atoms with Gasteiger partial charge in [-0.15, -0.1) is 0 Å². The maximum absolute atomic E-state index is 12.8. The van der Waals surface area contributed by atoms with Crippen molar-refractivity contribution in [1.29, 1.82) is 0 Å². The molecule has 0 atom stereocenters. The van der Waals surface area contributed by atoms with Crippen molar-refractivity contribution in [3.05, 3.63) is 27.8 Å². The Labute approximate surface area is 151 Å². The van der Waals surface area contributed by atoms with Crippen LogP contribution in [0.4, 0.5) is 0 Å². The fraction of sp³-hybridized carbons (Fsp3) is 0.632. The Bertz CT molecular complexity index is 734. The van der Waals surface area contributed by atoms with Gasteiger partial charge in [0, 0.05) is 6.04 Å². The molecule has 0 bridgehead atoms. The van der Waals surface area contributed by atoms with Crippen molar-refractivity contribution in [3.63, 3.8) is 0 Å². The fourth-order valence-corrected chi connectivity index (χ4v) is 5.20. The van der Waals surface area contributed by atoms with Crippen LogP contribution in [0, 0.1) is 34.6 Å². The summed E-state index contributed by atoms with van der Waals surface area (Å²) < 4.78 is 28.1. The third kappa shape index (κ3) is 4.42. The fourth-order valence-electron chi connectivity index (χ4n) is 3.63. The first kappa shape index (κ1) is 19.9. The first-order valence-corrected chi connectivity index (χ1v) is 10.5. The molecular weight excluding hydrogens is 336 g/mol. The van der Waals surface area contributed by atoms with Crippen LogP contribution in [0.15, 0.2) is 4.90 Å². The first-order valence-electron chi connectivity index (χ1n) is 9.01. The van der Waals surface area contributed by atoms with Crippen LogP contribution in [0.25, 0.3) is 0 Å². The standard InChI is InChI=1S/C19H30N2O3S/c1-12-13(2)15(4)19(16(5)14(12)3)25(23,24)20-11-18(22)21-17-9-7-6-8-10-17/h17,20H,6-11H2,1-5H3,(H,21,22). The van der Waals surface area contributed by atoms with Crippen molar-refractivity contribution in [1.82, 2.24) is 10.0 Å². The van der Waals surface area contributed by atoms with Crippen LogP contribution < -0.4 is 10.0 Å². The molecule has 1 aliphatic carbocycles. The second-order valence-electron chi connectivity index (χ2n) is 7.18. The van der Waals surface area contributed by atoms with Gasteiger partial charge >= 0.3 is 0 Å². The number of carbonyl (C=O) groups excluding carboxylic acids is 1. The molecule has 1 aromatic rings. The molecule has 6 heteroatoms. The highest BCUT2D eigenvalue weighted by Crippen LogP contribution is 2.29. The Kier molecular flexibility index (Phi) is 6.27. The smallest absolute Gasteiger partial charge is 0.241 e. The predicted octanol–water partition coefficient (Wildman–Crippen LogP) is 2.96. The van der Waals surface area contributed by atoms with Crippen molar-refractivity contribution in [3.8, 4) is 0 Å². The number of hydrogen-bond donors (Lipinski definition) is 2. The van der Waals surface area contributed by atoms with E-state index in [9.17, 15) is 13.2 Å². The minimum atomic E-state index is -3.73. The third-order valence-electron chi connectivity index (χ3n) is 5.59. The molecular formula is C19H30N2O3S. The van der Waals surface area contributed by atoms with E-state index >= 15 is 0 Å². The van der Waals surface area contributed by atoms with Crippen LogP contribution in [0.2, 0.25) is 0 Å². The summed E-state index contributed by atoms with van der Waals surface area (Å²) >= 11 is 0. The molecule has 0 aromatic heterocycles. The molecule has 0 spiro atoms. The Morgan fingerprint density at radius 3 is 1.88 bits per heavy atom. The van der Waals surface area contributed by atoms with Crippen molar-refractivity contribution in [2.24, 2.45) is 0 Å². The van der Waals surface area contributed by atoms with E-state index < -0.39 is 10.0 Å². The van der Waals surface area contributed by atoms with Crippen molar-refractivity contribution >= 4 is 15.9 Å². The van der Waals surface area contributed by atoms with Crippen LogP contribution in [-0.2, 0) is 14.8 Å². The van der Waals surface area contributed by atoms with Gasteiger partial charge in [0.05, 0.1) is 11.4 Å². The maximum atomic E-state index is 12.8. The minimum absolute atomic E-state index is 0.179. The molecule has 2 N–H and O–H groups in total. The monoisotopic (exact) mass is 366 g/mol. The SMILES string of the molecule is Cc1c(C)c(C)c(S(=O)(=O)NCC(=O)NC2CCCCC2)c(C)c1C. The molecule has 0 radical (unpaired) electrons. The zero-order chi connectivity index (χ0) is 18.8. The van der Waals surface area contributed by atoms with Gasteiger partial charge < -0.3 is 5.32 Å². The Balaban J connectivity index is 2.13. The van der Waals surface area contributed by atoms with E-state index in [1.54, 1.807) is 0 Å². The average molecular weight is 367 g/mol. The number of nitrogens with one attached hydrogen (secondary N) is 2. The molecule has 1 aromatic carbocycles. The van der Waals surface area contributed by atoms with E-state index in [-0.39, 0.29) is 18.5 Å². The van der Waals surface area contributed by atoms with Gasteiger partial charge in [0.2, 0.25) is 15.9 Å². The normalized spacial score (nSPS) is 16.0. The largest absolute Gasteiger partial charge is 0.352 e. The van der Waals surface area contributed by atoms with Crippen LogP contribution in [0.5, 0.6) is 0 Å². The second-order valence-corrected chi connectivity index (χ2v) is 8.88. The highest BCUT2D eigenvalue weighted by atomic mass is 32.2. The highest BCUT2D eigenvalue weighted by molar-refractivity contribution is 7.89. The van der Waals surface area contributed by atoms with Gasteiger partial charge in [0.1, 0.15) is 0 Å². The lowest BCUT2D eigenvalue weighted by Gasteiger charge is -2.23. The van der Waals surface area contributed by atoms with Gasteiger partial charge in [-0.1, -0.05) is 19.3 Å². The van der Waals surface area contributed by atoms with Gasteiger partial charge in [0.15, 0.2) is 0 Å². The molecule has 1 fully saturated rings. The number of carbonyl (C=O) groups is 1. The summed E-state index contributed by atoms with van der Waals surface area (Å²) in [4.78, 5) is 12.4. The van der Waals surface area contributed by atoms with E-state index in [1.807, 2.05) is 34.6 Å². The number of benzene rings is 1. The van der Waals surface area contributed by atoms with Crippen molar-refractivity contribution in [2.75, 3.05) is 6.54 Å². The second kappa shape index (κ2) is 7.87. The molecule has 1 amide bonds. The summed E-state index contributed by atoms with van der Waals surface area (Å²) in [6, 6.07) is 0.179. The van der Waals surface area contributed by atoms with E-state index in [4.69, 9.17) is 0 Å². The summed E-state index contributed by atoms with van der Waals surface area (Å²) in [6.45, 7) is 9.31. The molecule has 0 unspecified atom stereocenters. The Morgan fingerprint density at radius 2 is 1.36 bits per heavy atom. The molecule has 0 aliphatic heterocycles. The molecule has 1 aliphatic rings. The average Bonchev–Trinajstić information content (AvgIpc) is 2.57. The third-order valence-corrected chi connectivity index (χ3v) is 7.27.